The first-order valence-corrected chi connectivity index (χ1v) is 18.9. The van der Waals surface area contributed by atoms with E-state index in [1.54, 1.807) is 0 Å². The molecule has 0 unspecified atom stereocenters. The van der Waals surface area contributed by atoms with Gasteiger partial charge in [-0.05, 0) is 64.4 Å². The molecule has 1 aliphatic heterocycles. The highest BCUT2D eigenvalue weighted by Crippen LogP contribution is 2.50. The Labute approximate surface area is 324 Å². The molecule has 8 aromatic carbocycles. The van der Waals surface area contributed by atoms with Gasteiger partial charge in [0.05, 0.1) is 33.8 Å². The van der Waals surface area contributed by atoms with Crippen molar-refractivity contribution >= 4 is 39.1 Å². The van der Waals surface area contributed by atoms with Gasteiger partial charge in [-0.1, -0.05) is 158 Å². The van der Waals surface area contributed by atoms with Crippen LogP contribution in [0.5, 0.6) is 0 Å². The van der Waals surface area contributed by atoms with Crippen LogP contribution in [0.4, 0.5) is 17.3 Å². The standard InChI is InChI=1S/C51H33N5/c1-3-14-34(15-4-1)35-26-28-37(29-27-35)44-33-45(53-50(52-44)38-17-5-2-6-18-38)39-19-13-20-40(32-39)55-48-31-30-36-16-7-8-21-41(36)49(48)42-22-9-11-24-46(42)56-47-25-12-10-23-43(47)54-51(55)56/h1-33H. The Balaban J connectivity index is 1.12. The second-order valence-corrected chi connectivity index (χ2v) is 14.1. The highest BCUT2D eigenvalue weighted by atomic mass is 15.3. The van der Waals surface area contributed by atoms with Crippen LogP contribution >= 0.6 is 0 Å². The third kappa shape index (κ3) is 5.29. The fraction of sp³-hybridized carbons (Fsp3) is 0. The predicted octanol–water partition coefficient (Wildman–Crippen LogP) is 13.1. The summed E-state index contributed by atoms with van der Waals surface area (Å²) in [6, 6.07) is 70.3. The average Bonchev–Trinajstić information content (AvgIpc) is 3.60. The second kappa shape index (κ2) is 13.0. The van der Waals surface area contributed by atoms with Crippen LogP contribution < -0.4 is 4.90 Å². The van der Waals surface area contributed by atoms with Crippen LogP contribution in [0.25, 0.3) is 83.6 Å². The van der Waals surface area contributed by atoms with Gasteiger partial charge in [0.1, 0.15) is 0 Å². The van der Waals surface area contributed by atoms with Gasteiger partial charge in [0, 0.05) is 33.5 Å². The second-order valence-electron chi connectivity index (χ2n) is 14.1. The summed E-state index contributed by atoms with van der Waals surface area (Å²) in [6.07, 6.45) is 0. The zero-order chi connectivity index (χ0) is 37.0. The Kier molecular flexibility index (Phi) is 7.42. The Hall–Kier alpha value is -7.63. The number of rotatable bonds is 5. The van der Waals surface area contributed by atoms with Crippen molar-refractivity contribution in [2.45, 2.75) is 0 Å². The molecule has 0 N–H and O–H groups in total. The van der Waals surface area contributed by atoms with Crippen molar-refractivity contribution in [3.8, 4) is 61.8 Å². The molecule has 0 saturated carbocycles. The number of imidazole rings is 1. The van der Waals surface area contributed by atoms with E-state index in [1.165, 1.54) is 27.5 Å². The van der Waals surface area contributed by atoms with Gasteiger partial charge in [-0.2, -0.15) is 0 Å². The van der Waals surface area contributed by atoms with E-state index in [2.05, 4.69) is 185 Å². The summed E-state index contributed by atoms with van der Waals surface area (Å²) in [7, 11) is 0. The first kappa shape index (κ1) is 31.9. The number of nitrogens with zero attached hydrogens (tertiary/aromatic N) is 5. The van der Waals surface area contributed by atoms with Crippen LogP contribution in [-0.4, -0.2) is 19.5 Å². The summed E-state index contributed by atoms with van der Waals surface area (Å²) in [5, 5.41) is 2.39. The Morgan fingerprint density at radius 3 is 1.88 bits per heavy atom. The van der Waals surface area contributed by atoms with E-state index in [4.69, 9.17) is 15.0 Å². The molecule has 0 fully saturated rings. The van der Waals surface area contributed by atoms with Crippen LogP contribution in [0.1, 0.15) is 0 Å². The number of fused-ring (bicyclic) bond motifs is 9. The van der Waals surface area contributed by atoms with Gasteiger partial charge < -0.3 is 0 Å². The number of aromatic nitrogens is 4. The number of benzene rings is 8. The van der Waals surface area contributed by atoms with E-state index in [0.717, 1.165) is 67.7 Å². The molecule has 0 atom stereocenters. The molecule has 1 aliphatic rings. The fourth-order valence-corrected chi connectivity index (χ4v) is 8.10. The normalized spacial score (nSPS) is 11.9. The molecule has 5 nitrogen and oxygen atoms in total. The molecule has 0 amide bonds. The number of hydrogen-bond donors (Lipinski definition) is 0. The van der Waals surface area contributed by atoms with Crippen molar-refractivity contribution in [1.29, 1.82) is 0 Å². The Bertz CT molecular complexity index is 3080. The molecule has 262 valence electrons. The maximum absolute atomic E-state index is 5.35. The van der Waals surface area contributed by atoms with E-state index in [1.807, 2.05) is 24.3 Å². The molecular weight excluding hydrogens is 683 g/mol. The van der Waals surface area contributed by atoms with E-state index in [9.17, 15) is 0 Å². The van der Waals surface area contributed by atoms with Crippen LogP contribution in [0.15, 0.2) is 200 Å². The Morgan fingerprint density at radius 1 is 0.393 bits per heavy atom. The zero-order valence-electron chi connectivity index (χ0n) is 30.3. The molecule has 0 aliphatic carbocycles. The summed E-state index contributed by atoms with van der Waals surface area (Å²) in [5.74, 6) is 1.51. The molecule has 0 saturated heterocycles. The molecule has 5 heteroatoms. The van der Waals surface area contributed by atoms with E-state index in [-0.39, 0.29) is 0 Å². The Morgan fingerprint density at radius 2 is 1.04 bits per heavy atom. The van der Waals surface area contributed by atoms with Gasteiger partial charge in [-0.25, -0.2) is 15.0 Å². The van der Waals surface area contributed by atoms with Gasteiger partial charge in [0.25, 0.3) is 0 Å². The summed E-state index contributed by atoms with van der Waals surface area (Å²) in [5.41, 5.74) is 14.5. The highest BCUT2D eigenvalue weighted by molar-refractivity contribution is 6.08. The lowest BCUT2D eigenvalue weighted by Crippen LogP contribution is -2.14. The lowest BCUT2D eigenvalue weighted by Gasteiger charge is -2.25. The topological polar surface area (TPSA) is 46.8 Å². The van der Waals surface area contributed by atoms with Crippen molar-refractivity contribution in [2.75, 3.05) is 4.90 Å². The first-order valence-electron chi connectivity index (χ1n) is 18.9. The minimum atomic E-state index is 0.680. The quantitative estimate of drug-likeness (QED) is 0.178. The van der Waals surface area contributed by atoms with Crippen molar-refractivity contribution in [1.82, 2.24) is 19.5 Å². The SMILES string of the molecule is c1ccc(-c2ccc(-c3cc(-c4cccc(N5c6ccc7ccccc7c6-c6ccccc6-n6c5nc5ccccc56)c4)nc(-c4ccccc4)n3)cc2)cc1. The molecule has 3 heterocycles. The van der Waals surface area contributed by atoms with Gasteiger partial charge in [-0.3, -0.25) is 9.47 Å². The lowest BCUT2D eigenvalue weighted by molar-refractivity contribution is 1.05. The molecule has 11 rings (SSSR count). The largest absolute Gasteiger partial charge is 0.280 e. The van der Waals surface area contributed by atoms with Gasteiger partial charge >= 0.3 is 0 Å². The number of hydrogen-bond acceptors (Lipinski definition) is 4. The van der Waals surface area contributed by atoms with Crippen molar-refractivity contribution in [2.24, 2.45) is 0 Å². The van der Waals surface area contributed by atoms with Crippen LogP contribution in [0.3, 0.4) is 0 Å². The average molecular weight is 716 g/mol. The summed E-state index contributed by atoms with van der Waals surface area (Å²) >= 11 is 0. The third-order valence-electron chi connectivity index (χ3n) is 10.8. The summed E-state index contributed by atoms with van der Waals surface area (Å²) in [4.78, 5) is 18.0. The third-order valence-corrected chi connectivity index (χ3v) is 10.8. The molecular formula is C51H33N5. The molecule has 56 heavy (non-hydrogen) atoms. The summed E-state index contributed by atoms with van der Waals surface area (Å²) < 4.78 is 2.31. The van der Waals surface area contributed by atoms with E-state index < -0.39 is 0 Å². The molecule has 0 radical (unpaired) electrons. The van der Waals surface area contributed by atoms with Gasteiger partial charge in [0.2, 0.25) is 5.95 Å². The first-order chi connectivity index (χ1) is 27.8. The predicted molar refractivity (Wildman–Crippen MR) is 230 cm³/mol. The zero-order valence-corrected chi connectivity index (χ0v) is 30.3. The minimum Gasteiger partial charge on any atom is -0.280 e. The monoisotopic (exact) mass is 715 g/mol. The smallest absolute Gasteiger partial charge is 0.220 e. The van der Waals surface area contributed by atoms with Crippen molar-refractivity contribution in [3.05, 3.63) is 200 Å². The van der Waals surface area contributed by atoms with Gasteiger partial charge in [-0.15, -0.1) is 0 Å². The lowest BCUT2D eigenvalue weighted by atomic mass is 9.94. The van der Waals surface area contributed by atoms with E-state index in [0.29, 0.717) is 5.82 Å². The molecule has 0 bridgehead atoms. The van der Waals surface area contributed by atoms with Gasteiger partial charge in [0.15, 0.2) is 5.82 Å². The summed E-state index contributed by atoms with van der Waals surface area (Å²) in [6.45, 7) is 0. The maximum atomic E-state index is 5.35. The van der Waals surface area contributed by atoms with Crippen LogP contribution in [0.2, 0.25) is 0 Å². The molecule has 0 spiro atoms. The minimum absolute atomic E-state index is 0.680. The maximum Gasteiger partial charge on any atom is 0.220 e. The van der Waals surface area contributed by atoms with E-state index >= 15 is 0 Å². The van der Waals surface area contributed by atoms with Crippen molar-refractivity contribution < 1.29 is 0 Å². The molecule has 10 aromatic rings. The number of anilines is 3. The van der Waals surface area contributed by atoms with Crippen LogP contribution in [0, 0.1) is 0 Å². The van der Waals surface area contributed by atoms with Crippen LogP contribution in [-0.2, 0) is 0 Å². The van der Waals surface area contributed by atoms with Crippen molar-refractivity contribution in [3.63, 3.8) is 0 Å². The number of para-hydroxylation sites is 3. The highest BCUT2D eigenvalue weighted by Gasteiger charge is 2.30. The fourth-order valence-electron chi connectivity index (χ4n) is 8.10. The molecule has 2 aromatic heterocycles.